The molecule has 2 heterocycles. The van der Waals surface area contributed by atoms with Crippen LogP contribution in [0.15, 0.2) is 24.5 Å². The van der Waals surface area contributed by atoms with Crippen LogP contribution in [0.1, 0.15) is 24.9 Å². The van der Waals surface area contributed by atoms with E-state index >= 15 is 0 Å². The highest BCUT2D eigenvalue weighted by molar-refractivity contribution is 7.91. The van der Waals surface area contributed by atoms with Crippen molar-refractivity contribution in [3.8, 4) is 0 Å². The monoisotopic (exact) mass is 297 g/mol. The van der Waals surface area contributed by atoms with Gasteiger partial charge in [0.1, 0.15) is 0 Å². The molecule has 1 aliphatic rings. The summed E-state index contributed by atoms with van der Waals surface area (Å²) in [5.74, 6) is 0.536. The predicted octanol–water partition coefficient (Wildman–Crippen LogP) is 0.853. The van der Waals surface area contributed by atoms with Gasteiger partial charge in [0.2, 0.25) is 0 Å². The van der Waals surface area contributed by atoms with Crippen molar-refractivity contribution in [2.75, 3.05) is 37.7 Å². The third-order valence-corrected chi connectivity index (χ3v) is 5.46. The predicted molar refractivity (Wildman–Crippen MR) is 80.4 cm³/mol. The van der Waals surface area contributed by atoms with Crippen LogP contribution in [-0.2, 0) is 9.84 Å². The van der Waals surface area contributed by atoms with Crippen LogP contribution in [0.3, 0.4) is 0 Å². The topological polar surface area (TPSA) is 62.3 Å². The maximum Gasteiger partial charge on any atom is 0.151 e. The molecule has 0 bridgehead atoms. The first kappa shape index (κ1) is 15.4. The van der Waals surface area contributed by atoms with Gasteiger partial charge in [0.25, 0.3) is 0 Å². The second kappa shape index (κ2) is 7.15. The molecular weight excluding hydrogens is 274 g/mol. The fourth-order valence-corrected chi connectivity index (χ4v) is 3.92. The third-order valence-electron chi connectivity index (χ3n) is 3.63. The Morgan fingerprint density at radius 1 is 1.45 bits per heavy atom. The lowest BCUT2D eigenvalue weighted by molar-refractivity contribution is 0.171. The van der Waals surface area contributed by atoms with Gasteiger partial charge in [0, 0.05) is 50.4 Å². The van der Waals surface area contributed by atoms with Crippen molar-refractivity contribution in [2.45, 2.75) is 19.4 Å². The summed E-state index contributed by atoms with van der Waals surface area (Å²) in [6, 6.07) is 4.20. The zero-order valence-electron chi connectivity index (χ0n) is 12.0. The fraction of sp³-hybridized carbons (Fsp3) is 0.643. The van der Waals surface area contributed by atoms with Gasteiger partial charge < -0.3 is 5.32 Å². The second-order valence-corrected chi connectivity index (χ2v) is 7.50. The van der Waals surface area contributed by atoms with Crippen LogP contribution in [0.5, 0.6) is 0 Å². The standard InChI is InChI=1S/C14H23N3O2S/c1-2-9-20(18,19)10-8-17-7-6-16-12-14(17)13-4-3-5-15-11-13/h3-5,11,14,16H,2,6-10,12H2,1H3. The van der Waals surface area contributed by atoms with Crippen LogP contribution >= 0.6 is 0 Å². The van der Waals surface area contributed by atoms with Crippen molar-refractivity contribution in [1.82, 2.24) is 15.2 Å². The number of pyridine rings is 1. The molecule has 1 fully saturated rings. The average molecular weight is 297 g/mol. The third kappa shape index (κ3) is 4.26. The lowest BCUT2D eigenvalue weighted by Gasteiger charge is -2.36. The summed E-state index contributed by atoms with van der Waals surface area (Å²) >= 11 is 0. The van der Waals surface area contributed by atoms with E-state index in [1.807, 2.05) is 19.2 Å². The van der Waals surface area contributed by atoms with E-state index in [0.29, 0.717) is 13.0 Å². The van der Waals surface area contributed by atoms with Crippen molar-refractivity contribution >= 4 is 9.84 Å². The van der Waals surface area contributed by atoms with Crippen molar-refractivity contribution < 1.29 is 8.42 Å². The van der Waals surface area contributed by atoms with E-state index in [9.17, 15) is 8.42 Å². The minimum absolute atomic E-state index is 0.217. The molecule has 1 unspecified atom stereocenters. The first-order chi connectivity index (χ1) is 9.62. The van der Waals surface area contributed by atoms with Gasteiger partial charge >= 0.3 is 0 Å². The van der Waals surface area contributed by atoms with Gasteiger partial charge in [-0.15, -0.1) is 0 Å². The highest BCUT2D eigenvalue weighted by Gasteiger charge is 2.25. The quantitative estimate of drug-likeness (QED) is 0.843. The largest absolute Gasteiger partial charge is 0.314 e. The molecule has 1 aromatic heterocycles. The van der Waals surface area contributed by atoms with Crippen LogP contribution in [0, 0.1) is 0 Å². The first-order valence-corrected chi connectivity index (χ1v) is 8.99. The van der Waals surface area contributed by atoms with Crippen LogP contribution < -0.4 is 5.32 Å². The molecule has 2 rings (SSSR count). The lowest BCUT2D eigenvalue weighted by atomic mass is 10.1. The zero-order chi connectivity index (χ0) is 14.4. The number of piperazine rings is 1. The molecule has 0 amide bonds. The summed E-state index contributed by atoms with van der Waals surface area (Å²) in [5, 5.41) is 3.37. The summed E-state index contributed by atoms with van der Waals surface area (Å²) in [4.78, 5) is 6.41. The summed E-state index contributed by atoms with van der Waals surface area (Å²) in [6.07, 6.45) is 4.32. The molecule has 112 valence electrons. The minimum atomic E-state index is -2.91. The molecule has 6 heteroatoms. The zero-order valence-corrected chi connectivity index (χ0v) is 12.8. The Hall–Kier alpha value is -0.980. The Bertz CT molecular complexity index is 504. The Labute approximate surface area is 121 Å². The number of hydrogen-bond acceptors (Lipinski definition) is 5. The van der Waals surface area contributed by atoms with Crippen LogP contribution in [0.4, 0.5) is 0 Å². The molecule has 0 aliphatic carbocycles. The molecule has 1 aromatic rings. The molecule has 20 heavy (non-hydrogen) atoms. The van der Waals surface area contributed by atoms with Crippen molar-refractivity contribution in [3.05, 3.63) is 30.1 Å². The van der Waals surface area contributed by atoms with E-state index in [2.05, 4.69) is 21.3 Å². The van der Waals surface area contributed by atoms with E-state index < -0.39 is 9.84 Å². The van der Waals surface area contributed by atoms with Crippen molar-refractivity contribution in [1.29, 1.82) is 0 Å². The van der Waals surface area contributed by atoms with Crippen molar-refractivity contribution in [2.24, 2.45) is 0 Å². The highest BCUT2D eigenvalue weighted by Crippen LogP contribution is 2.21. The van der Waals surface area contributed by atoms with Gasteiger partial charge in [-0.1, -0.05) is 13.0 Å². The van der Waals surface area contributed by atoms with Gasteiger partial charge in [-0.25, -0.2) is 8.42 Å². The van der Waals surface area contributed by atoms with Crippen LogP contribution in [-0.4, -0.2) is 56.0 Å². The number of nitrogens with zero attached hydrogens (tertiary/aromatic N) is 2. The molecule has 1 atom stereocenters. The molecule has 1 saturated heterocycles. The van der Waals surface area contributed by atoms with E-state index in [0.717, 1.165) is 25.2 Å². The summed E-state index contributed by atoms with van der Waals surface area (Å²) in [7, 11) is -2.91. The molecule has 0 aromatic carbocycles. The maximum absolute atomic E-state index is 11.9. The number of rotatable bonds is 6. The fourth-order valence-electron chi connectivity index (χ4n) is 2.59. The number of sulfone groups is 1. The smallest absolute Gasteiger partial charge is 0.151 e. The van der Waals surface area contributed by atoms with Crippen LogP contribution in [0.2, 0.25) is 0 Å². The summed E-state index contributed by atoms with van der Waals surface area (Å²) in [6.45, 7) is 5.13. The van der Waals surface area contributed by atoms with Crippen molar-refractivity contribution in [3.63, 3.8) is 0 Å². The number of hydrogen-bond donors (Lipinski definition) is 1. The Morgan fingerprint density at radius 2 is 2.30 bits per heavy atom. The van der Waals surface area contributed by atoms with Gasteiger partial charge in [-0.3, -0.25) is 9.88 Å². The second-order valence-electron chi connectivity index (χ2n) is 5.19. The molecule has 0 radical (unpaired) electrons. The van der Waals surface area contributed by atoms with E-state index in [1.165, 1.54) is 0 Å². The molecular formula is C14H23N3O2S. The highest BCUT2D eigenvalue weighted by atomic mass is 32.2. The molecule has 0 saturated carbocycles. The molecule has 1 aliphatic heterocycles. The van der Waals surface area contributed by atoms with Gasteiger partial charge in [0.15, 0.2) is 9.84 Å². The van der Waals surface area contributed by atoms with E-state index in [1.54, 1.807) is 6.20 Å². The summed E-state index contributed by atoms with van der Waals surface area (Å²) in [5.41, 5.74) is 1.15. The average Bonchev–Trinajstić information content (AvgIpc) is 2.46. The normalized spacial score (nSPS) is 20.9. The maximum atomic E-state index is 11.9. The number of aromatic nitrogens is 1. The first-order valence-electron chi connectivity index (χ1n) is 7.17. The molecule has 0 spiro atoms. The SMILES string of the molecule is CCCS(=O)(=O)CCN1CCNCC1c1cccnc1. The number of nitrogens with one attached hydrogen (secondary N) is 1. The molecule has 5 nitrogen and oxygen atoms in total. The van der Waals surface area contributed by atoms with E-state index in [4.69, 9.17) is 0 Å². The van der Waals surface area contributed by atoms with Gasteiger partial charge in [0.05, 0.1) is 5.75 Å². The summed E-state index contributed by atoms with van der Waals surface area (Å²) < 4.78 is 23.7. The van der Waals surface area contributed by atoms with Gasteiger partial charge in [-0.05, 0) is 18.1 Å². The molecule has 1 N–H and O–H groups in total. The Morgan fingerprint density at radius 3 is 3.00 bits per heavy atom. The minimum Gasteiger partial charge on any atom is -0.314 e. The Kier molecular flexibility index (Phi) is 5.51. The van der Waals surface area contributed by atoms with Gasteiger partial charge in [-0.2, -0.15) is 0 Å². The lowest BCUT2D eigenvalue weighted by Crippen LogP contribution is -2.47. The van der Waals surface area contributed by atoms with E-state index in [-0.39, 0.29) is 17.5 Å². The Balaban J connectivity index is 2.01. The van der Waals surface area contributed by atoms with Crippen LogP contribution in [0.25, 0.3) is 0 Å².